The fraction of sp³-hybridized carbons (Fsp3) is 0.235. The molecule has 0 bridgehead atoms. The lowest BCUT2D eigenvalue weighted by atomic mass is 10.1. The smallest absolute Gasteiger partial charge is 0.270 e. The molecule has 0 spiro atoms. The third kappa shape index (κ3) is 3.32. The second-order valence-corrected chi connectivity index (χ2v) is 6.18. The SMILES string of the molecule is CCc1cc(C(=O)N[C@@H](c2ccncc2)c2cccs2)n(C)n1. The summed E-state index contributed by atoms with van der Waals surface area (Å²) in [5.74, 6) is -0.130. The number of hydrogen-bond acceptors (Lipinski definition) is 4. The van der Waals surface area contributed by atoms with Crippen LogP contribution in [0.15, 0.2) is 48.1 Å². The summed E-state index contributed by atoms with van der Waals surface area (Å²) >= 11 is 1.62. The van der Waals surface area contributed by atoms with Gasteiger partial charge in [0.05, 0.1) is 11.7 Å². The van der Waals surface area contributed by atoms with E-state index in [0.717, 1.165) is 22.6 Å². The van der Waals surface area contributed by atoms with Gasteiger partial charge in [0.1, 0.15) is 5.69 Å². The Morgan fingerprint density at radius 1 is 1.35 bits per heavy atom. The predicted molar refractivity (Wildman–Crippen MR) is 90.5 cm³/mol. The molecule has 1 amide bonds. The minimum atomic E-state index is -0.189. The minimum absolute atomic E-state index is 0.130. The Kier molecular flexibility index (Phi) is 4.52. The van der Waals surface area contributed by atoms with Gasteiger partial charge in [0.25, 0.3) is 5.91 Å². The van der Waals surface area contributed by atoms with Crippen LogP contribution in [0.25, 0.3) is 0 Å². The van der Waals surface area contributed by atoms with Crippen LogP contribution in [0.3, 0.4) is 0 Å². The molecule has 0 aliphatic carbocycles. The second kappa shape index (κ2) is 6.75. The third-order valence-electron chi connectivity index (χ3n) is 3.67. The van der Waals surface area contributed by atoms with Crippen molar-refractivity contribution in [2.45, 2.75) is 19.4 Å². The van der Waals surface area contributed by atoms with Gasteiger partial charge in [-0.3, -0.25) is 14.5 Å². The van der Waals surface area contributed by atoms with E-state index in [9.17, 15) is 4.79 Å². The number of hydrogen-bond donors (Lipinski definition) is 1. The van der Waals surface area contributed by atoms with Crippen molar-refractivity contribution >= 4 is 17.2 Å². The summed E-state index contributed by atoms with van der Waals surface area (Å²) in [6.45, 7) is 2.02. The van der Waals surface area contributed by atoms with E-state index >= 15 is 0 Å². The molecule has 1 N–H and O–H groups in total. The maximum atomic E-state index is 12.7. The highest BCUT2D eigenvalue weighted by molar-refractivity contribution is 7.10. The van der Waals surface area contributed by atoms with Gasteiger partial charge in [-0.25, -0.2) is 0 Å². The first-order chi connectivity index (χ1) is 11.2. The summed E-state index contributed by atoms with van der Waals surface area (Å²) in [4.78, 5) is 17.8. The van der Waals surface area contributed by atoms with E-state index in [1.54, 1.807) is 35.5 Å². The standard InChI is InChI=1S/C17H18N4OS/c1-3-13-11-14(21(2)20-13)17(22)19-16(15-5-4-10-23-15)12-6-8-18-9-7-12/h4-11,16H,3H2,1-2H3,(H,19,22)/t16-/m0/s1. The molecule has 0 saturated carbocycles. The van der Waals surface area contributed by atoms with Gasteiger partial charge < -0.3 is 5.32 Å². The van der Waals surface area contributed by atoms with Gasteiger partial charge in [-0.15, -0.1) is 11.3 Å². The van der Waals surface area contributed by atoms with Gasteiger partial charge in [0.15, 0.2) is 0 Å². The van der Waals surface area contributed by atoms with Crippen molar-refractivity contribution in [3.05, 3.63) is 69.9 Å². The zero-order chi connectivity index (χ0) is 16.2. The van der Waals surface area contributed by atoms with Crippen LogP contribution in [0.4, 0.5) is 0 Å². The highest BCUT2D eigenvalue weighted by Crippen LogP contribution is 2.26. The topological polar surface area (TPSA) is 59.8 Å². The van der Waals surface area contributed by atoms with Crippen LogP contribution in [0.2, 0.25) is 0 Å². The largest absolute Gasteiger partial charge is 0.339 e. The first-order valence-corrected chi connectivity index (χ1v) is 8.34. The minimum Gasteiger partial charge on any atom is -0.339 e. The number of aryl methyl sites for hydroxylation is 2. The molecule has 6 heteroatoms. The lowest BCUT2D eigenvalue weighted by Crippen LogP contribution is -2.30. The number of nitrogens with zero attached hydrogens (tertiary/aromatic N) is 3. The molecular formula is C17H18N4OS. The quantitative estimate of drug-likeness (QED) is 0.784. The average Bonchev–Trinajstić information content (AvgIpc) is 3.22. The third-order valence-corrected chi connectivity index (χ3v) is 4.61. The number of thiophene rings is 1. The highest BCUT2D eigenvalue weighted by atomic mass is 32.1. The number of rotatable bonds is 5. The van der Waals surface area contributed by atoms with Crippen molar-refractivity contribution in [1.82, 2.24) is 20.1 Å². The molecule has 0 radical (unpaired) electrons. The van der Waals surface area contributed by atoms with Crippen molar-refractivity contribution in [2.24, 2.45) is 7.05 Å². The van der Waals surface area contributed by atoms with E-state index in [1.807, 2.05) is 42.6 Å². The number of amides is 1. The van der Waals surface area contributed by atoms with Crippen LogP contribution >= 0.6 is 11.3 Å². The summed E-state index contributed by atoms with van der Waals surface area (Å²) in [7, 11) is 1.79. The Balaban J connectivity index is 1.89. The molecule has 0 aliphatic heterocycles. The molecule has 0 aliphatic rings. The summed E-state index contributed by atoms with van der Waals surface area (Å²) in [5.41, 5.74) is 2.49. The summed E-state index contributed by atoms with van der Waals surface area (Å²) in [5, 5.41) is 9.46. The predicted octanol–water partition coefficient (Wildman–Crippen LogP) is 2.96. The molecule has 0 unspecified atom stereocenters. The second-order valence-electron chi connectivity index (χ2n) is 5.20. The molecule has 23 heavy (non-hydrogen) atoms. The Morgan fingerprint density at radius 2 is 2.13 bits per heavy atom. The molecule has 0 aromatic carbocycles. The highest BCUT2D eigenvalue weighted by Gasteiger charge is 2.21. The van der Waals surface area contributed by atoms with Crippen LogP contribution in [0.5, 0.6) is 0 Å². The number of aromatic nitrogens is 3. The van der Waals surface area contributed by atoms with Gasteiger partial charge in [0.2, 0.25) is 0 Å². The van der Waals surface area contributed by atoms with Crippen LogP contribution < -0.4 is 5.32 Å². The average molecular weight is 326 g/mol. The van der Waals surface area contributed by atoms with Crippen molar-refractivity contribution in [1.29, 1.82) is 0 Å². The van der Waals surface area contributed by atoms with Gasteiger partial charge in [-0.1, -0.05) is 13.0 Å². The van der Waals surface area contributed by atoms with Crippen molar-refractivity contribution in [2.75, 3.05) is 0 Å². The summed E-state index contributed by atoms with van der Waals surface area (Å²) in [6, 6.07) is 9.51. The Bertz CT molecular complexity index is 780. The zero-order valence-corrected chi connectivity index (χ0v) is 13.9. The fourth-order valence-electron chi connectivity index (χ4n) is 2.45. The fourth-order valence-corrected chi connectivity index (χ4v) is 3.25. The maximum Gasteiger partial charge on any atom is 0.270 e. The van der Waals surface area contributed by atoms with E-state index in [2.05, 4.69) is 15.4 Å². The molecule has 3 aromatic heterocycles. The molecule has 5 nitrogen and oxygen atoms in total. The van der Waals surface area contributed by atoms with Gasteiger partial charge >= 0.3 is 0 Å². The Morgan fingerprint density at radius 3 is 2.74 bits per heavy atom. The number of nitrogens with one attached hydrogen (secondary N) is 1. The van der Waals surface area contributed by atoms with Crippen LogP contribution in [-0.2, 0) is 13.5 Å². The number of carbonyl (C=O) groups is 1. The van der Waals surface area contributed by atoms with E-state index in [4.69, 9.17) is 0 Å². The lowest BCUT2D eigenvalue weighted by Gasteiger charge is -2.17. The Hall–Kier alpha value is -2.47. The molecule has 0 saturated heterocycles. The first-order valence-electron chi connectivity index (χ1n) is 7.46. The molecule has 118 valence electrons. The normalized spacial score (nSPS) is 12.1. The van der Waals surface area contributed by atoms with Gasteiger partial charge in [0, 0.05) is 24.3 Å². The van der Waals surface area contributed by atoms with Crippen molar-refractivity contribution < 1.29 is 4.79 Å². The monoisotopic (exact) mass is 326 g/mol. The molecule has 3 aromatic rings. The summed E-state index contributed by atoms with van der Waals surface area (Å²) in [6.07, 6.45) is 4.28. The lowest BCUT2D eigenvalue weighted by molar-refractivity contribution is 0.0934. The Labute approximate surface area is 139 Å². The molecular weight excluding hydrogens is 308 g/mol. The zero-order valence-electron chi connectivity index (χ0n) is 13.1. The first kappa shape index (κ1) is 15.4. The maximum absolute atomic E-state index is 12.7. The van der Waals surface area contributed by atoms with Crippen molar-refractivity contribution in [3.63, 3.8) is 0 Å². The van der Waals surface area contributed by atoms with Crippen LogP contribution in [0, 0.1) is 0 Å². The van der Waals surface area contributed by atoms with E-state index < -0.39 is 0 Å². The van der Waals surface area contributed by atoms with Crippen molar-refractivity contribution in [3.8, 4) is 0 Å². The van der Waals surface area contributed by atoms with Gasteiger partial charge in [-0.05, 0) is 41.6 Å². The van der Waals surface area contributed by atoms with Crippen LogP contribution in [0.1, 0.15) is 39.6 Å². The molecule has 1 atom stereocenters. The molecule has 3 heterocycles. The van der Waals surface area contributed by atoms with E-state index in [-0.39, 0.29) is 11.9 Å². The molecule has 0 fully saturated rings. The summed E-state index contributed by atoms with van der Waals surface area (Å²) < 4.78 is 1.63. The van der Waals surface area contributed by atoms with E-state index in [0.29, 0.717) is 5.69 Å². The van der Waals surface area contributed by atoms with Gasteiger partial charge in [-0.2, -0.15) is 5.10 Å². The number of pyridine rings is 1. The molecule has 3 rings (SSSR count). The van der Waals surface area contributed by atoms with E-state index in [1.165, 1.54) is 0 Å². The van der Waals surface area contributed by atoms with Crippen LogP contribution in [-0.4, -0.2) is 20.7 Å². The number of carbonyl (C=O) groups excluding carboxylic acids is 1.